The van der Waals surface area contributed by atoms with Gasteiger partial charge in [0.25, 0.3) is 5.91 Å². The van der Waals surface area contributed by atoms with Crippen LogP contribution in [0.3, 0.4) is 0 Å². The predicted molar refractivity (Wildman–Crippen MR) is 105 cm³/mol. The molecular weight excluding hydrogens is 373 g/mol. The van der Waals surface area contributed by atoms with Crippen LogP contribution in [0.1, 0.15) is 23.1 Å². The fourth-order valence-corrected chi connectivity index (χ4v) is 3.44. The number of anilines is 2. The summed E-state index contributed by atoms with van der Waals surface area (Å²) in [6.07, 6.45) is 0. The van der Waals surface area contributed by atoms with Gasteiger partial charge in [-0.15, -0.1) is 0 Å². The Hall–Kier alpha value is -1.89. The first-order valence-corrected chi connectivity index (χ1v) is 9.30. The van der Waals surface area contributed by atoms with Crippen LogP contribution in [-0.2, 0) is 0 Å². The molecule has 26 heavy (non-hydrogen) atoms. The third kappa shape index (κ3) is 4.63. The molecule has 1 aliphatic heterocycles. The number of amides is 1. The molecule has 138 valence electrons. The number of nitrogens with one attached hydrogen (secondary N) is 1. The normalized spacial score (nSPS) is 15.2. The number of halogens is 2. The lowest BCUT2D eigenvalue weighted by atomic mass is 10.2. The Bertz CT molecular complexity index is 786. The highest BCUT2D eigenvalue weighted by molar-refractivity contribution is 6.35. The molecule has 0 radical (unpaired) electrons. The van der Waals surface area contributed by atoms with Crippen molar-refractivity contribution in [2.75, 3.05) is 38.0 Å². The first-order chi connectivity index (χ1) is 12.4. The van der Waals surface area contributed by atoms with E-state index in [1.807, 2.05) is 11.8 Å². The van der Waals surface area contributed by atoms with E-state index in [2.05, 4.69) is 27.1 Å². The molecule has 1 aliphatic rings. The van der Waals surface area contributed by atoms with Gasteiger partial charge in [-0.05, 0) is 37.7 Å². The second-order valence-electron chi connectivity index (χ2n) is 6.23. The zero-order chi connectivity index (χ0) is 18.7. The van der Waals surface area contributed by atoms with Crippen LogP contribution in [0, 0.1) is 6.92 Å². The van der Waals surface area contributed by atoms with Crippen molar-refractivity contribution in [3.8, 4) is 0 Å². The second kappa shape index (κ2) is 8.20. The fourth-order valence-electron chi connectivity index (χ4n) is 2.92. The van der Waals surface area contributed by atoms with Crippen LogP contribution < -0.4 is 5.32 Å². The molecule has 2 aromatic rings. The van der Waals surface area contributed by atoms with Crippen molar-refractivity contribution in [1.82, 2.24) is 19.8 Å². The number of hydrogen-bond donors (Lipinski definition) is 1. The number of rotatable bonds is 4. The molecule has 0 spiro atoms. The van der Waals surface area contributed by atoms with Crippen LogP contribution in [0.4, 0.5) is 11.6 Å². The third-order valence-corrected chi connectivity index (χ3v) is 4.74. The summed E-state index contributed by atoms with van der Waals surface area (Å²) >= 11 is 12.0. The average Bonchev–Trinajstić information content (AvgIpc) is 2.60. The number of aryl methyl sites for hydroxylation is 1. The number of benzene rings is 1. The van der Waals surface area contributed by atoms with E-state index in [9.17, 15) is 4.79 Å². The largest absolute Gasteiger partial charge is 0.335 e. The van der Waals surface area contributed by atoms with E-state index < -0.39 is 0 Å². The molecular formula is C18H21Cl2N5O. The average molecular weight is 394 g/mol. The maximum absolute atomic E-state index is 12.8. The predicted octanol–water partition coefficient (Wildman–Crippen LogP) is 3.61. The minimum absolute atomic E-state index is 0.0709. The molecule has 2 heterocycles. The van der Waals surface area contributed by atoms with E-state index in [1.165, 1.54) is 0 Å². The number of likely N-dealkylation sites (N-methyl/N-ethyl adjacent to an activating group) is 1. The van der Waals surface area contributed by atoms with Gasteiger partial charge in [0.15, 0.2) is 0 Å². The van der Waals surface area contributed by atoms with Crippen LogP contribution in [0.5, 0.6) is 0 Å². The lowest BCUT2D eigenvalue weighted by molar-refractivity contribution is 0.0637. The first kappa shape index (κ1) is 18.9. The molecule has 1 N–H and O–H groups in total. The smallest absolute Gasteiger partial charge is 0.272 e. The minimum atomic E-state index is -0.0709. The molecule has 1 aromatic carbocycles. The van der Waals surface area contributed by atoms with Crippen molar-refractivity contribution in [1.29, 1.82) is 0 Å². The van der Waals surface area contributed by atoms with Gasteiger partial charge in [-0.25, -0.2) is 9.97 Å². The maximum atomic E-state index is 12.8. The molecule has 0 unspecified atom stereocenters. The maximum Gasteiger partial charge on any atom is 0.272 e. The van der Waals surface area contributed by atoms with Crippen molar-refractivity contribution < 1.29 is 4.79 Å². The fraction of sp³-hybridized carbons (Fsp3) is 0.389. The minimum Gasteiger partial charge on any atom is -0.335 e. The lowest BCUT2D eigenvalue weighted by Crippen LogP contribution is -2.48. The summed E-state index contributed by atoms with van der Waals surface area (Å²) in [7, 11) is 0. The van der Waals surface area contributed by atoms with Gasteiger partial charge in [0, 0.05) is 47.6 Å². The molecule has 8 heteroatoms. The quantitative estimate of drug-likeness (QED) is 0.859. The Morgan fingerprint density at radius 3 is 2.35 bits per heavy atom. The molecule has 0 atom stereocenters. The van der Waals surface area contributed by atoms with Crippen molar-refractivity contribution >= 4 is 40.7 Å². The SMILES string of the molecule is CCN1CCN(C(=O)c2cc(C)nc(Nc3cc(Cl)cc(Cl)c3)n2)CC1. The Morgan fingerprint density at radius 1 is 1.08 bits per heavy atom. The van der Waals surface area contributed by atoms with Crippen LogP contribution in [0.15, 0.2) is 24.3 Å². The highest BCUT2D eigenvalue weighted by Gasteiger charge is 2.23. The van der Waals surface area contributed by atoms with Crippen molar-refractivity contribution in [3.63, 3.8) is 0 Å². The van der Waals surface area contributed by atoms with Gasteiger partial charge >= 0.3 is 0 Å². The Balaban J connectivity index is 1.78. The zero-order valence-corrected chi connectivity index (χ0v) is 16.3. The summed E-state index contributed by atoms with van der Waals surface area (Å²) in [5, 5.41) is 4.09. The molecule has 1 saturated heterocycles. The third-order valence-electron chi connectivity index (χ3n) is 4.30. The molecule has 1 fully saturated rings. The van der Waals surface area contributed by atoms with Crippen LogP contribution in [0.25, 0.3) is 0 Å². The number of carbonyl (C=O) groups excluding carboxylic acids is 1. The summed E-state index contributed by atoms with van der Waals surface area (Å²) in [6, 6.07) is 6.82. The number of aromatic nitrogens is 2. The van der Waals surface area contributed by atoms with Crippen molar-refractivity contribution in [2.24, 2.45) is 0 Å². The Morgan fingerprint density at radius 2 is 1.73 bits per heavy atom. The molecule has 1 amide bonds. The highest BCUT2D eigenvalue weighted by atomic mass is 35.5. The van der Waals surface area contributed by atoms with Crippen LogP contribution in [-0.4, -0.2) is 58.4 Å². The van der Waals surface area contributed by atoms with E-state index in [0.29, 0.717) is 46.2 Å². The lowest BCUT2D eigenvalue weighted by Gasteiger charge is -2.33. The summed E-state index contributed by atoms with van der Waals surface area (Å²) in [6.45, 7) is 8.17. The van der Waals surface area contributed by atoms with E-state index in [4.69, 9.17) is 23.2 Å². The summed E-state index contributed by atoms with van der Waals surface area (Å²) in [5.74, 6) is 0.275. The molecule has 3 rings (SSSR count). The standard InChI is InChI=1S/C18H21Cl2N5O/c1-3-24-4-6-25(7-5-24)17(26)16-8-12(2)21-18(23-16)22-15-10-13(19)9-14(20)11-15/h8-11H,3-7H2,1-2H3,(H,21,22,23). The van der Waals surface area contributed by atoms with Gasteiger partial charge in [-0.2, -0.15) is 0 Å². The van der Waals surface area contributed by atoms with E-state index in [1.54, 1.807) is 24.3 Å². The van der Waals surface area contributed by atoms with E-state index in [0.717, 1.165) is 19.6 Å². The van der Waals surface area contributed by atoms with Gasteiger partial charge in [0.1, 0.15) is 5.69 Å². The van der Waals surface area contributed by atoms with Crippen LogP contribution >= 0.6 is 23.2 Å². The van der Waals surface area contributed by atoms with Crippen molar-refractivity contribution in [3.05, 3.63) is 45.7 Å². The number of nitrogens with zero attached hydrogens (tertiary/aromatic N) is 4. The number of carbonyl (C=O) groups is 1. The van der Waals surface area contributed by atoms with Crippen LogP contribution in [0.2, 0.25) is 10.0 Å². The van der Waals surface area contributed by atoms with Gasteiger partial charge in [0.2, 0.25) is 5.95 Å². The number of hydrogen-bond acceptors (Lipinski definition) is 5. The second-order valence-corrected chi connectivity index (χ2v) is 7.10. The zero-order valence-electron chi connectivity index (χ0n) is 14.8. The molecule has 0 saturated carbocycles. The van der Waals surface area contributed by atoms with Gasteiger partial charge in [0.05, 0.1) is 0 Å². The van der Waals surface area contributed by atoms with Gasteiger partial charge in [-0.1, -0.05) is 30.1 Å². The monoisotopic (exact) mass is 393 g/mol. The molecule has 0 bridgehead atoms. The summed E-state index contributed by atoms with van der Waals surface area (Å²) < 4.78 is 0. The van der Waals surface area contributed by atoms with Gasteiger partial charge in [-0.3, -0.25) is 4.79 Å². The first-order valence-electron chi connectivity index (χ1n) is 8.55. The topological polar surface area (TPSA) is 61.4 Å². The molecule has 0 aliphatic carbocycles. The Kier molecular flexibility index (Phi) is 5.96. The Labute approximate surface area is 163 Å². The van der Waals surface area contributed by atoms with E-state index in [-0.39, 0.29) is 5.91 Å². The number of piperazine rings is 1. The summed E-state index contributed by atoms with van der Waals surface area (Å²) in [5.41, 5.74) is 1.77. The van der Waals surface area contributed by atoms with E-state index >= 15 is 0 Å². The molecule has 1 aromatic heterocycles. The molecule has 6 nitrogen and oxygen atoms in total. The highest BCUT2D eigenvalue weighted by Crippen LogP contribution is 2.24. The van der Waals surface area contributed by atoms with Gasteiger partial charge < -0.3 is 15.1 Å². The summed E-state index contributed by atoms with van der Waals surface area (Å²) in [4.78, 5) is 25.7. The van der Waals surface area contributed by atoms with Crippen molar-refractivity contribution in [2.45, 2.75) is 13.8 Å².